The minimum atomic E-state index is -1.08. The number of ether oxygens (including phenoxy) is 2. The summed E-state index contributed by atoms with van der Waals surface area (Å²) in [6.45, 7) is 14.3. The summed E-state index contributed by atoms with van der Waals surface area (Å²) >= 11 is 0. The smallest absolute Gasteiger partial charge is 0.306 e. The Morgan fingerprint density at radius 3 is 2.26 bits per heavy atom. The van der Waals surface area contributed by atoms with Gasteiger partial charge < -0.3 is 40.4 Å². The third kappa shape index (κ3) is 13.0. The number of nitrogens with one attached hydrogen (secondary N) is 2. The van der Waals surface area contributed by atoms with Crippen LogP contribution < -0.4 is 16.4 Å². The molecule has 3 amide bonds. The first-order chi connectivity index (χ1) is 27.1. The Kier molecular flexibility index (Phi) is 15.0. The minimum absolute atomic E-state index is 0.00907. The molecule has 2 aromatic carbocycles. The number of nitrogens with two attached hydrogens (primary N) is 1. The van der Waals surface area contributed by atoms with E-state index in [4.69, 9.17) is 15.2 Å². The van der Waals surface area contributed by atoms with Gasteiger partial charge in [0.05, 0.1) is 18.1 Å². The molecule has 1 aliphatic heterocycles. The zero-order valence-corrected chi connectivity index (χ0v) is 34.9. The molecule has 5 N–H and O–H groups in total. The number of halogens is 2. The summed E-state index contributed by atoms with van der Waals surface area (Å²) in [5.41, 5.74) is 6.55. The maximum absolute atomic E-state index is 15.1. The largest absolute Gasteiger partial charge is 0.486 e. The lowest BCUT2D eigenvalue weighted by atomic mass is 9.82. The van der Waals surface area contributed by atoms with Crippen molar-refractivity contribution in [3.8, 4) is 11.1 Å². The van der Waals surface area contributed by atoms with Gasteiger partial charge in [0.1, 0.15) is 35.2 Å². The summed E-state index contributed by atoms with van der Waals surface area (Å²) in [5.74, 6) is -2.58. The fourth-order valence-corrected chi connectivity index (χ4v) is 6.97. The lowest BCUT2D eigenvalue weighted by Gasteiger charge is -2.41. The first-order valence-electron chi connectivity index (χ1n) is 19.6. The molecule has 0 saturated heterocycles. The standard InChI is InChI=1S/C44H59F2N5O7/c1-42(2,3)40(35-22-29(31-23-30(45)14-15-32(31)46)26-50(35)25-28-12-10-9-11-13-28)51(38(54)27-52)21-19-33(47)41(56)48-20-18-37(53)49-34(36-24-44(7,8)57-36)16-17-39(55)58-43(4,5)6/h9-15,22-24,26,33-34,40,52H,16-21,25,27,47H2,1-8H3,(H,48,56)(H,49,53)/t33-,34+,40-/m0/s1. The minimum Gasteiger partial charge on any atom is -0.486 e. The van der Waals surface area contributed by atoms with Crippen LogP contribution in [0.5, 0.6) is 0 Å². The molecule has 1 aliphatic rings. The summed E-state index contributed by atoms with van der Waals surface area (Å²) < 4.78 is 42.6. The maximum Gasteiger partial charge on any atom is 0.306 e. The van der Waals surface area contributed by atoms with Crippen molar-refractivity contribution in [3.63, 3.8) is 0 Å². The molecule has 3 atom stereocenters. The van der Waals surface area contributed by atoms with Gasteiger partial charge in [-0.1, -0.05) is 51.1 Å². The molecule has 2 heterocycles. The second-order valence-electron chi connectivity index (χ2n) is 17.3. The molecule has 316 valence electrons. The van der Waals surface area contributed by atoms with Crippen LogP contribution in [-0.2, 0) is 35.2 Å². The molecule has 0 spiro atoms. The summed E-state index contributed by atoms with van der Waals surface area (Å²) in [7, 11) is 0. The Morgan fingerprint density at radius 2 is 1.66 bits per heavy atom. The normalized spacial score (nSPS) is 15.2. The van der Waals surface area contributed by atoms with Gasteiger partial charge in [0.15, 0.2) is 0 Å². The van der Waals surface area contributed by atoms with Crippen LogP contribution in [0.1, 0.15) is 98.4 Å². The average molecular weight is 808 g/mol. The second-order valence-corrected chi connectivity index (χ2v) is 17.3. The first kappa shape index (κ1) is 45.6. The lowest BCUT2D eigenvalue weighted by molar-refractivity contribution is -0.155. The number of aliphatic hydroxyl groups excluding tert-OH is 1. The van der Waals surface area contributed by atoms with Gasteiger partial charge in [0, 0.05) is 55.5 Å². The molecule has 0 bridgehead atoms. The molecule has 0 unspecified atom stereocenters. The van der Waals surface area contributed by atoms with E-state index in [0.717, 1.165) is 23.8 Å². The van der Waals surface area contributed by atoms with Gasteiger partial charge in [-0.3, -0.25) is 19.2 Å². The van der Waals surface area contributed by atoms with Crippen LogP contribution in [0.4, 0.5) is 8.78 Å². The Bertz CT molecular complexity index is 1950. The number of carbonyl (C=O) groups is 4. The number of hydrogen-bond acceptors (Lipinski definition) is 8. The van der Waals surface area contributed by atoms with E-state index in [1.54, 1.807) is 33.0 Å². The zero-order chi connectivity index (χ0) is 43.0. The van der Waals surface area contributed by atoms with Crippen LogP contribution in [0.2, 0.25) is 0 Å². The van der Waals surface area contributed by atoms with Crippen LogP contribution in [0.25, 0.3) is 11.1 Å². The SMILES string of the molecule is CC(C)(C)OC(=O)CC[C@@H](NC(=O)CCNC(=O)[C@@H](N)CCN(C(=O)CO)[C@@H](c1cc(-c2cc(F)ccc2F)cn1Cc1ccccc1)C(C)(C)C)C1=CC(C)(C)O1. The quantitative estimate of drug-likeness (QED) is 0.115. The second kappa shape index (κ2) is 19.1. The third-order valence-corrected chi connectivity index (χ3v) is 9.51. The molecular formula is C44H59F2N5O7. The van der Waals surface area contributed by atoms with Crippen molar-refractivity contribution in [1.29, 1.82) is 0 Å². The molecule has 4 rings (SSSR count). The highest BCUT2D eigenvalue weighted by molar-refractivity contribution is 5.83. The lowest BCUT2D eigenvalue weighted by Crippen LogP contribution is -2.48. The van der Waals surface area contributed by atoms with Gasteiger partial charge in [0.2, 0.25) is 17.7 Å². The van der Waals surface area contributed by atoms with E-state index in [1.165, 1.54) is 4.90 Å². The number of aliphatic hydroxyl groups is 1. The van der Waals surface area contributed by atoms with Crippen LogP contribution in [0.15, 0.2) is 72.6 Å². The number of amides is 3. The number of hydrogen-bond donors (Lipinski definition) is 4. The highest BCUT2D eigenvalue weighted by atomic mass is 19.1. The van der Waals surface area contributed by atoms with E-state index < -0.39 is 70.8 Å². The van der Waals surface area contributed by atoms with E-state index in [2.05, 4.69) is 10.6 Å². The molecule has 0 radical (unpaired) electrons. The summed E-state index contributed by atoms with van der Waals surface area (Å²) in [6.07, 6.45) is 3.86. The van der Waals surface area contributed by atoms with Crippen LogP contribution in [0, 0.1) is 17.0 Å². The van der Waals surface area contributed by atoms with Gasteiger partial charge >= 0.3 is 5.97 Å². The van der Waals surface area contributed by atoms with E-state index in [1.807, 2.05) is 75.6 Å². The van der Waals surface area contributed by atoms with Gasteiger partial charge in [0.25, 0.3) is 0 Å². The molecule has 1 aromatic heterocycles. The number of aromatic nitrogens is 1. The predicted molar refractivity (Wildman–Crippen MR) is 217 cm³/mol. The number of nitrogens with zero attached hydrogens (tertiary/aromatic N) is 2. The maximum atomic E-state index is 15.1. The van der Waals surface area contributed by atoms with E-state index >= 15 is 4.39 Å². The molecule has 0 fully saturated rings. The van der Waals surface area contributed by atoms with Crippen LogP contribution >= 0.6 is 0 Å². The van der Waals surface area contributed by atoms with E-state index in [-0.39, 0.29) is 50.2 Å². The van der Waals surface area contributed by atoms with Gasteiger partial charge in [-0.05, 0) is 88.8 Å². The van der Waals surface area contributed by atoms with Crippen molar-refractivity contribution < 1.29 is 42.5 Å². The predicted octanol–water partition coefficient (Wildman–Crippen LogP) is 5.91. The number of benzene rings is 2. The fraction of sp³-hybridized carbons (Fsp3) is 0.500. The summed E-state index contributed by atoms with van der Waals surface area (Å²) in [5, 5.41) is 15.7. The highest BCUT2D eigenvalue weighted by Crippen LogP contribution is 2.41. The monoisotopic (exact) mass is 807 g/mol. The van der Waals surface area contributed by atoms with Crippen molar-refractivity contribution in [2.75, 3.05) is 19.7 Å². The molecular weight excluding hydrogens is 749 g/mol. The van der Waals surface area contributed by atoms with Crippen LogP contribution in [-0.4, -0.2) is 81.2 Å². The topological polar surface area (TPSA) is 165 Å². The highest BCUT2D eigenvalue weighted by Gasteiger charge is 2.38. The van der Waals surface area contributed by atoms with Crippen molar-refractivity contribution in [1.82, 2.24) is 20.1 Å². The number of carbonyl (C=O) groups excluding carboxylic acids is 4. The molecule has 14 heteroatoms. The zero-order valence-electron chi connectivity index (χ0n) is 34.9. The molecule has 12 nitrogen and oxygen atoms in total. The molecule has 58 heavy (non-hydrogen) atoms. The van der Waals surface area contributed by atoms with E-state index in [0.29, 0.717) is 23.6 Å². The summed E-state index contributed by atoms with van der Waals surface area (Å²) in [4.78, 5) is 53.5. The summed E-state index contributed by atoms with van der Waals surface area (Å²) in [6, 6.07) is 12.1. The fourth-order valence-electron chi connectivity index (χ4n) is 6.97. The first-order valence-corrected chi connectivity index (χ1v) is 19.6. The number of rotatable bonds is 18. The van der Waals surface area contributed by atoms with Crippen molar-refractivity contribution in [2.45, 2.75) is 117 Å². The van der Waals surface area contributed by atoms with Crippen molar-refractivity contribution in [2.24, 2.45) is 11.1 Å². The van der Waals surface area contributed by atoms with E-state index in [9.17, 15) is 28.7 Å². The van der Waals surface area contributed by atoms with Crippen LogP contribution in [0.3, 0.4) is 0 Å². The Hall–Kier alpha value is -5.08. The molecule has 0 saturated carbocycles. The van der Waals surface area contributed by atoms with Gasteiger partial charge in [-0.15, -0.1) is 0 Å². The van der Waals surface area contributed by atoms with Gasteiger partial charge in [-0.2, -0.15) is 0 Å². The molecule has 0 aliphatic carbocycles. The Labute approximate surface area is 340 Å². The van der Waals surface area contributed by atoms with Crippen molar-refractivity contribution in [3.05, 3.63) is 95.5 Å². The van der Waals surface area contributed by atoms with Crippen molar-refractivity contribution >= 4 is 23.7 Å². The molecule has 3 aromatic rings. The Morgan fingerprint density at radius 1 is 0.983 bits per heavy atom. The average Bonchev–Trinajstić information content (AvgIpc) is 3.52. The van der Waals surface area contributed by atoms with Gasteiger partial charge in [-0.25, -0.2) is 8.78 Å². The Balaban J connectivity index is 1.46. The third-order valence-electron chi connectivity index (χ3n) is 9.51. The number of esters is 1.